The number of methoxy groups -OCH3 is 1. The molecule has 0 radical (unpaired) electrons. The van der Waals surface area contributed by atoms with Gasteiger partial charge in [-0.2, -0.15) is 0 Å². The highest BCUT2D eigenvalue weighted by atomic mass is 16.5. The molecule has 6 nitrogen and oxygen atoms in total. The minimum absolute atomic E-state index is 0.0244. The highest BCUT2D eigenvalue weighted by Crippen LogP contribution is 2.22. The van der Waals surface area contributed by atoms with Crippen LogP contribution in [0.1, 0.15) is 19.3 Å². The van der Waals surface area contributed by atoms with Crippen LogP contribution in [0.25, 0.3) is 10.9 Å². The molecular weight excluding hydrogens is 308 g/mol. The molecule has 0 aliphatic carbocycles. The molecule has 1 aromatic carbocycles. The number of hydrogen-bond acceptors (Lipinski definition) is 3. The molecule has 2 heterocycles. The largest absolute Gasteiger partial charge is 0.497 e. The van der Waals surface area contributed by atoms with Crippen molar-refractivity contribution in [3.63, 3.8) is 0 Å². The Morgan fingerprint density at radius 1 is 1.33 bits per heavy atom. The van der Waals surface area contributed by atoms with Crippen molar-refractivity contribution in [3.8, 4) is 5.75 Å². The predicted molar refractivity (Wildman–Crippen MR) is 90.0 cm³/mol. The number of nitrogens with zero attached hydrogens (tertiary/aromatic N) is 2. The summed E-state index contributed by atoms with van der Waals surface area (Å²) in [5.74, 6) is -0.402. The monoisotopic (exact) mass is 330 g/mol. The number of likely N-dealkylation sites (tertiary alicyclic amines) is 1. The van der Waals surface area contributed by atoms with Gasteiger partial charge >= 0.3 is 5.97 Å². The van der Waals surface area contributed by atoms with Crippen molar-refractivity contribution in [2.75, 3.05) is 20.2 Å². The van der Waals surface area contributed by atoms with E-state index in [1.165, 1.54) is 0 Å². The van der Waals surface area contributed by atoms with Crippen LogP contribution in [0.2, 0.25) is 0 Å². The number of hydrogen-bond donors (Lipinski definition) is 1. The number of piperidine rings is 1. The Morgan fingerprint density at radius 2 is 2.17 bits per heavy atom. The van der Waals surface area contributed by atoms with Crippen LogP contribution in [-0.4, -0.2) is 46.6 Å². The van der Waals surface area contributed by atoms with Gasteiger partial charge in [0.05, 0.1) is 13.0 Å². The van der Waals surface area contributed by atoms with Gasteiger partial charge in [-0.3, -0.25) is 9.59 Å². The molecule has 1 N–H and O–H groups in total. The molecule has 1 aliphatic heterocycles. The van der Waals surface area contributed by atoms with Gasteiger partial charge in [-0.05, 0) is 37.1 Å². The van der Waals surface area contributed by atoms with E-state index in [1.807, 2.05) is 35.0 Å². The van der Waals surface area contributed by atoms with Crippen molar-refractivity contribution in [1.82, 2.24) is 9.47 Å². The molecule has 6 heteroatoms. The summed E-state index contributed by atoms with van der Waals surface area (Å²) >= 11 is 0. The lowest BCUT2D eigenvalue weighted by Crippen LogP contribution is -2.42. The second kappa shape index (κ2) is 6.95. The van der Waals surface area contributed by atoms with Crippen LogP contribution in [0.15, 0.2) is 30.5 Å². The molecule has 0 saturated carbocycles. The number of aliphatic carboxylic acids is 1. The van der Waals surface area contributed by atoms with Gasteiger partial charge in [-0.15, -0.1) is 0 Å². The van der Waals surface area contributed by atoms with Crippen LogP contribution in [0.4, 0.5) is 0 Å². The summed E-state index contributed by atoms with van der Waals surface area (Å²) in [6, 6.07) is 7.86. The number of amides is 1. The number of aromatic nitrogens is 1. The normalized spacial score (nSPS) is 17.9. The lowest BCUT2D eigenvalue weighted by atomic mass is 9.98. The van der Waals surface area contributed by atoms with E-state index in [2.05, 4.69) is 0 Å². The van der Waals surface area contributed by atoms with E-state index < -0.39 is 11.9 Å². The van der Waals surface area contributed by atoms with E-state index in [0.717, 1.165) is 23.1 Å². The fraction of sp³-hybridized carbons (Fsp3) is 0.444. The molecular formula is C18H22N2O4. The Balaban J connectivity index is 1.63. The minimum Gasteiger partial charge on any atom is -0.497 e. The van der Waals surface area contributed by atoms with Crippen molar-refractivity contribution in [1.29, 1.82) is 0 Å². The zero-order valence-electron chi connectivity index (χ0n) is 13.8. The first kappa shape index (κ1) is 16.4. The third kappa shape index (κ3) is 3.37. The average Bonchev–Trinajstić information content (AvgIpc) is 3.01. The van der Waals surface area contributed by atoms with Crippen LogP contribution in [0.5, 0.6) is 5.75 Å². The maximum absolute atomic E-state index is 12.4. The third-order valence-electron chi connectivity index (χ3n) is 4.67. The van der Waals surface area contributed by atoms with E-state index in [-0.39, 0.29) is 5.91 Å². The van der Waals surface area contributed by atoms with Gasteiger partial charge in [-0.25, -0.2) is 0 Å². The van der Waals surface area contributed by atoms with Crippen LogP contribution < -0.4 is 4.74 Å². The molecule has 1 aromatic heterocycles. The molecule has 0 unspecified atom stereocenters. The first-order chi connectivity index (χ1) is 11.6. The van der Waals surface area contributed by atoms with Gasteiger partial charge in [0.2, 0.25) is 5.91 Å². The van der Waals surface area contributed by atoms with Crippen molar-refractivity contribution in [3.05, 3.63) is 30.5 Å². The molecule has 1 aliphatic rings. The number of ether oxygens (including phenoxy) is 1. The third-order valence-corrected chi connectivity index (χ3v) is 4.67. The Bertz CT molecular complexity index is 753. The quantitative estimate of drug-likeness (QED) is 0.913. The summed E-state index contributed by atoms with van der Waals surface area (Å²) in [6.07, 6.45) is 3.76. The summed E-state index contributed by atoms with van der Waals surface area (Å²) in [4.78, 5) is 25.2. The number of rotatable bonds is 5. The molecule has 1 amide bonds. The first-order valence-corrected chi connectivity index (χ1v) is 8.22. The fourth-order valence-corrected chi connectivity index (χ4v) is 3.28. The van der Waals surface area contributed by atoms with Crippen LogP contribution in [-0.2, 0) is 16.1 Å². The molecule has 1 saturated heterocycles. The molecule has 1 fully saturated rings. The number of carboxylic acid groups (broad SMARTS) is 1. The SMILES string of the molecule is COc1ccc2c(ccn2CCC(=O)N2CCC[C@@H](C(=O)O)C2)c1. The number of carbonyl (C=O) groups excluding carboxylic acids is 1. The Kier molecular flexibility index (Phi) is 4.74. The summed E-state index contributed by atoms with van der Waals surface area (Å²) in [7, 11) is 1.64. The van der Waals surface area contributed by atoms with Crippen molar-refractivity contribution >= 4 is 22.8 Å². The molecule has 24 heavy (non-hydrogen) atoms. The van der Waals surface area contributed by atoms with Crippen LogP contribution in [0.3, 0.4) is 0 Å². The summed E-state index contributed by atoms with van der Waals surface area (Å²) in [6.45, 7) is 1.58. The second-order valence-corrected chi connectivity index (χ2v) is 6.20. The number of benzene rings is 1. The van der Waals surface area contributed by atoms with E-state index in [9.17, 15) is 9.59 Å². The van der Waals surface area contributed by atoms with Crippen molar-refractivity contribution in [2.24, 2.45) is 5.92 Å². The Morgan fingerprint density at radius 3 is 2.92 bits per heavy atom. The fourth-order valence-electron chi connectivity index (χ4n) is 3.28. The Hall–Kier alpha value is -2.50. The second-order valence-electron chi connectivity index (χ2n) is 6.20. The van der Waals surface area contributed by atoms with Gasteiger partial charge in [0, 0.05) is 43.2 Å². The number of fused-ring (bicyclic) bond motifs is 1. The average molecular weight is 330 g/mol. The number of carbonyl (C=O) groups is 2. The van der Waals surface area contributed by atoms with Gasteiger partial charge in [-0.1, -0.05) is 0 Å². The topological polar surface area (TPSA) is 71.8 Å². The maximum Gasteiger partial charge on any atom is 0.308 e. The highest BCUT2D eigenvalue weighted by molar-refractivity contribution is 5.82. The zero-order chi connectivity index (χ0) is 17.1. The summed E-state index contributed by atoms with van der Waals surface area (Å²) < 4.78 is 7.27. The zero-order valence-corrected chi connectivity index (χ0v) is 13.8. The summed E-state index contributed by atoms with van der Waals surface area (Å²) in [5, 5.41) is 10.2. The molecule has 0 spiro atoms. The molecule has 3 rings (SSSR count). The van der Waals surface area contributed by atoms with Gasteiger partial charge in [0.25, 0.3) is 0 Å². The molecule has 128 valence electrons. The van der Waals surface area contributed by atoms with Gasteiger partial charge in [0.1, 0.15) is 5.75 Å². The van der Waals surface area contributed by atoms with Crippen molar-refractivity contribution < 1.29 is 19.4 Å². The molecule has 2 aromatic rings. The smallest absolute Gasteiger partial charge is 0.308 e. The summed E-state index contributed by atoms with van der Waals surface area (Å²) in [5.41, 5.74) is 1.06. The molecule has 0 bridgehead atoms. The highest BCUT2D eigenvalue weighted by Gasteiger charge is 2.27. The standard InChI is InChI=1S/C18H22N2O4/c1-24-15-4-5-16-13(11-15)6-9-19(16)10-7-17(21)20-8-2-3-14(12-20)18(22)23/h4-6,9,11,14H,2-3,7-8,10,12H2,1H3,(H,22,23)/t14-/m1/s1. The minimum atomic E-state index is -0.808. The van der Waals surface area contributed by atoms with Gasteiger partial charge in [0.15, 0.2) is 0 Å². The van der Waals surface area contributed by atoms with E-state index in [1.54, 1.807) is 12.0 Å². The maximum atomic E-state index is 12.4. The lowest BCUT2D eigenvalue weighted by molar-refractivity contribution is -0.145. The van der Waals surface area contributed by atoms with Crippen LogP contribution >= 0.6 is 0 Å². The van der Waals surface area contributed by atoms with E-state index in [0.29, 0.717) is 32.5 Å². The first-order valence-electron chi connectivity index (χ1n) is 8.22. The number of aryl methyl sites for hydroxylation is 1. The Labute approximate surface area is 140 Å². The van der Waals surface area contributed by atoms with Crippen molar-refractivity contribution in [2.45, 2.75) is 25.8 Å². The molecule has 1 atom stereocenters. The lowest BCUT2D eigenvalue weighted by Gasteiger charge is -2.30. The van der Waals surface area contributed by atoms with Gasteiger partial charge < -0.3 is 19.3 Å². The predicted octanol–water partition coefficient (Wildman–Crippen LogP) is 2.36. The number of carboxylic acids is 1. The van der Waals surface area contributed by atoms with E-state index >= 15 is 0 Å². The van der Waals surface area contributed by atoms with E-state index in [4.69, 9.17) is 9.84 Å². The van der Waals surface area contributed by atoms with Crippen LogP contribution in [0, 0.1) is 5.92 Å².